The topological polar surface area (TPSA) is 80.0 Å². The Labute approximate surface area is 82.7 Å². The fourth-order valence-corrected chi connectivity index (χ4v) is 0.995. The highest BCUT2D eigenvalue weighted by Crippen LogP contribution is 2.06. The highest BCUT2D eigenvalue weighted by Gasteiger charge is 2.10. The van der Waals surface area contributed by atoms with Crippen LogP contribution in [-0.4, -0.2) is 24.0 Å². The van der Waals surface area contributed by atoms with Crippen LogP contribution < -0.4 is 16.4 Å². The number of anilines is 2. The summed E-state index contributed by atoms with van der Waals surface area (Å²) in [6.45, 7) is 1.76. The van der Waals surface area contributed by atoms with Crippen LogP contribution in [0.3, 0.4) is 0 Å². The van der Waals surface area contributed by atoms with E-state index in [9.17, 15) is 4.79 Å². The van der Waals surface area contributed by atoms with E-state index in [2.05, 4.69) is 15.6 Å². The molecule has 14 heavy (non-hydrogen) atoms. The lowest BCUT2D eigenvalue weighted by Crippen LogP contribution is -2.35. The molecule has 1 unspecified atom stereocenters. The first-order valence-corrected chi connectivity index (χ1v) is 4.33. The molecule has 0 saturated carbocycles. The van der Waals surface area contributed by atoms with Crippen molar-refractivity contribution in [2.24, 2.45) is 0 Å². The van der Waals surface area contributed by atoms with Crippen LogP contribution >= 0.6 is 0 Å². The summed E-state index contributed by atoms with van der Waals surface area (Å²) in [5, 5.41) is 5.48. The summed E-state index contributed by atoms with van der Waals surface area (Å²) in [6.07, 6.45) is 1.54. The van der Waals surface area contributed by atoms with Gasteiger partial charge in [-0.1, -0.05) is 0 Å². The predicted octanol–water partition coefficient (Wildman–Crippen LogP) is 0.210. The molecular weight excluding hydrogens is 180 g/mol. The SMILES string of the molecule is CNC(=O)C(C)Nc1ccc(N)cn1. The minimum atomic E-state index is -0.309. The molecule has 1 aromatic heterocycles. The molecule has 0 spiro atoms. The molecule has 0 bridgehead atoms. The molecule has 1 rings (SSSR count). The molecular formula is C9H14N4O. The van der Waals surface area contributed by atoms with E-state index in [1.54, 1.807) is 32.3 Å². The standard InChI is InChI=1S/C9H14N4O/c1-6(9(14)11-2)13-8-4-3-7(10)5-12-8/h3-6H,10H2,1-2H3,(H,11,14)(H,12,13). The van der Waals surface area contributed by atoms with Gasteiger partial charge < -0.3 is 16.4 Å². The number of carbonyl (C=O) groups is 1. The number of aromatic nitrogens is 1. The number of hydrogen-bond donors (Lipinski definition) is 3. The van der Waals surface area contributed by atoms with Crippen LogP contribution in [0.15, 0.2) is 18.3 Å². The van der Waals surface area contributed by atoms with E-state index < -0.39 is 0 Å². The molecule has 1 amide bonds. The van der Waals surface area contributed by atoms with Crippen LogP contribution in [0.25, 0.3) is 0 Å². The van der Waals surface area contributed by atoms with Gasteiger partial charge in [-0.15, -0.1) is 0 Å². The van der Waals surface area contributed by atoms with Crippen LogP contribution in [-0.2, 0) is 4.79 Å². The van der Waals surface area contributed by atoms with E-state index in [1.807, 2.05) is 0 Å². The lowest BCUT2D eigenvalue weighted by molar-refractivity contribution is -0.121. The Balaban J connectivity index is 2.60. The monoisotopic (exact) mass is 194 g/mol. The molecule has 0 saturated heterocycles. The minimum absolute atomic E-state index is 0.0800. The molecule has 0 aliphatic heterocycles. The van der Waals surface area contributed by atoms with E-state index in [0.717, 1.165) is 0 Å². The van der Waals surface area contributed by atoms with Crippen molar-refractivity contribution in [1.29, 1.82) is 0 Å². The van der Waals surface area contributed by atoms with Gasteiger partial charge in [0.15, 0.2) is 0 Å². The zero-order valence-corrected chi connectivity index (χ0v) is 8.24. The number of hydrogen-bond acceptors (Lipinski definition) is 4. The van der Waals surface area contributed by atoms with E-state index in [-0.39, 0.29) is 11.9 Å². The number of pyridine rings is 1. The number of nitrogen functional groups attached to an aromatic ring is 1. The Hall–Kier alpha value is -1.78. The van der Waals surface area contributed by atoms with Crippen molar-refractivity contribution in [3.8, 4) is 0 Å². The second-order valence-electron chi connectivity index (χ2n) is 2.96. The van der Waals surface area contributed by atoms with Gasteiger partial charge >= 0.3 is 0 Å². The van der Waals surface area contributed by atoms with Crippen LogP contribution in [0.4, 0.5) is 11.5 Å². The molecule has 0 aromatic carbocycles. The average molecular weight is 194 g/mol. The number of carbonyl (C=O) groups excluding carboxylic acids is 1. The molecule has 4 N–H and O–H groups in total. The maximum absolute atomic E-state index is 11.2. The Morgan fingerprint density at radius 1 is 1.57 bits per heavy atom. The number of nitrogens with two attached hydrogens (primary N) is 1. The lowest BCUT2D eigenvalue weighted by Gasteiger charge is -2.12. The van der Waals surface area contributed by atoms with Gasteiger partial charge in [-0.2, -0.15) is 0 Å². The predicted molar refractivity (Wildman–Crippen MR) is 55.8 cm³/mol. The highest BCUT2D eigenvalue weighted by atomic mass is 16.2. The number of nitrogens with one attached hydrogen (secondary N) is 2. The third kappa shape index (κ3) is 2.62. The summed E-state index contributed by atoms with van der Waals surface area (Å²) < 4.78 is 0. The fourth-order valence-electron chi connectivity index (χ4n) is 0.995. The van der Waals surface area contributed by atoms with E-state index >= 15 is 0 Å². The third-order valence-electron chi connectivity index (χ3n) is 1.79. The fraction of sp³-hybridized carbons (Fsp3) is 0.333. The van der Waals surface area contributed by atoms with Crippen molar-refractivity contribution in [3.05, 3.63) is 18.3 Å². The Morgan fingerprint density at radius 3 is 2.79 bits per heavy atom. The van der Waals surface area contributed by atoms with Crippen molar-refractivity contribution in [1.82, 2.24) is 10.3 Å². The van der Waals surface area contributed by atoms with Crippen molar-refractivity contribution < 1.29 is 4.79 Å². The summed E-state index contributed by atoms with van der Waals surface area (Å²) >= 11 is 0. The van der Waals surface area contributed by atoms with Crippen LogP contribution in [0.5, 0.6) is 0 Å². The second-order valence-corrected chi connectivity index (χ2v) is 2.96. The minimum Gasteiger partial charge on any atom is -0.397 e. The first kappa shape index (κ1) is 10.3. The Kier molecular flexibility index (Phi) is 3.28. The quantitative estimate of drug-likeness (QED) is 0.642. The molecule has 0 radical (unpaired) electrons. The van der Waals surface area contributed by atoms with Gasteiger partial charge in [-0.05, 0) is 19.1 Å². The maximum Gasteiger partial charge on any atom is 0.241 e. The molecule has 1 atom stereocenters. The second kappa shape index (κ2) is 4.45. The average Bonchev–Trinajstić information content (AvgIpc) is 2.20. The zero-order valence-electron chi connectivity index (χ0n) is 8.24. The summed E-state index contributed by atoms with van der Waals surface area (Å²) in [5.41, 5.74) is 6.07. The van der Waals surface area contributed by atoms with Gasteiger partial charge in [0.1, 0.15) is 11.9 Å². The van der Waals surface area contributed by atoms with Gasteiger partial charge in [0.25, 0.3) is 0 Å². The van der Waals surface area contributed by atoms with Gasteiger partial charge in [0.05, 0.1) is 11.9 Å². The lowest BCUT2D eigenvalue weighted by atomic mass is 10.3. The normalized spacial score (nSPS) is 11.9. The Bertz CT molecular complexity index is 309. The molecule has 0 fully saturated rings. The van der Waals surface area contributed by atoms with E-state index in [1.165, 1.54) is 0 Å². The summed E-state index contributed by atoms with van der Waals surface area (Å²) in [6, 6.07) is 3.15. The number of amides is 1. The molecule has 1 heterocycles. The maximum atomic E-state index is 11.2. The van der Waals surface area contributed by atoms with Gasteiger partial charge in [-0.25, -0.2) is 4.98 Å². The Morgan fingerprint density at radius 2 is 2.29 bits per heavy atom. The molecule has 0 aliphatic rings. The molecule has 5 nitrogen and oxygen atoms in total. The van der Waals surface area contributed by atoms with Crippen molar-refractivity contribution >= 4 is 17.4 Å². The van der Waals surface area contributed by atoms with Crippen molar-refractivity contribution in [2.75, 3.05) is 18.1 Å². The molecule has 0 aliphatic carbocycles. The van der Waals surface area contributed by atoms with E-state index in [4.69, 9.17) is 5.73 Å². The molecule has 5 heteroatoms. The van der Waals surface area contributed by atoms with Crippen molar-refractivity contribution in [2.45, 2.75) is 13.0 Å². The van der Waals surface area contributed by atoms with Gasteiger partial charge in [0.2, 0.25) is 5.91 Å². The van der Waals surface area contributed by atoms with Gasteiger partial charge in [0, 0.05) is 7.05 Å². The molecule has 1 aromatic rings. The summed E-state index contributed by atoms with van der Waals surface area (Å²) in [4.78, 5) is 15.2. The first-order valence-electron chi connectivity index (χ1n) is 4.33. The van der Waals surface area contributed by atoms with Crippen LogP contribution in [0, 0.1) is 0 Å². The van der Waals surface area contributed by atoms with E-state index in [0.29, 0.717) is 11.5 Å². The van der Waals surface area contributed by atoms with Gasteiger partial charge in [-0.3, -0.25) is 4.79 Å². The largest absolute Gasteiger partial charge is 0.397 e. The highest BCUT2D eigenvalue weighted by molar-refractivity contribution is 5.83. The summed E-state index contributed by atoms with van der Waals surface area (Å²) in [7, 11) is 1.59. The van der Waals surface area contributed by atoms with Crippen LogP contribution in [0.2, 0.25) is 0 Å². The zero-order chi connectivity index (χ0) is 10.6. The number of nitrogens with zero attached hydrogens (tertiary/aromatic N) is 1. The molecule has 76 valence electrons. The number of likely N-dealkylation sites (N-methyl/N-ethyl adjacent to an activating group) is 1. The summed E-state index contributed by atoms with van der Waals surface area (Å²) in [5.74, 6) is 0.555. The van der Waals surface area contributed by atoms with Crippen molar-refractivity contribution in [3.63, 3.8) is 0 Å². The first-order chi connectivity index (χ1) is 6.63. The van der Waals surface area contributed by atoms with Crippen LogP contribution in [0.1, 0.15) is 6.92 Å². The third-order valence-corrected chi connectivity index (χ3v) is 1.79. The smallest absolute Gasteiger partial charge is 0.241 e. The number of rotatable bonds is 3.